The molecule has 20 heavy (non-hydrogen) atoms. The van der Waals surface area contributed by atoms with Crippen molar-refractivity contribution >= 4 is 0 Å². The predicted molar refractivity (Wildman–Crippen MR) is 72.6 cm³/mol. The lowest BCUT2D eigenvalue weighted by atomic mass is 9.82. The van der Waals surface area contributed by atoms with Crippen LogP contribution in [0.3, 0.4) is 0 Å². The SMILES string of the molecule is CC1CCCC(c2noc(-c3ccnc(C#N)c3)n2)C1. The van der Waals surface area contributed by atoms with E-state index in [9.17, 15) is 0 Å². The number of rotatable bonds is 2. The molecular formula is C15H16N4O. The van der Waals surface area contributed by atoms with Crippen molar-refractivity contribution < 1.29 is 4.52 Å². The molecule has 0 radical (unpaired) electrons. The minimum absolute atomic E-state index is 0.355. The number of hydrogen-bond acceptors (Lipinski definition) is 5. The molecule has 0 spiro atoms. The summed E-state index contributed by atoms with van der Waals surface area (Å²) in [5, 5.41) is 13.0. The summed E-state index contributed by atoms with van der Waals surface area (Å²) >= 11 is 0. The van der Waals surface area contributed by atoms with Crippen LogP contribution in [0.25, 0.3) is 11.5 Å². The van der Waals surface area contributed by atoms with Gasteiger partial charge in [0.15, 0.2) is 5.82 Å². The Morgan fingerprint density at radius 1 is 1.40 bits per heavy atom. The van der Waals surface area contributed by atoms with Crippen molar-refractivity contribution in [2.45, 2.75) is 38.5 Å². The highest BCUT2D eigenvalue weighted by Crippen LogP contribution is 2.35. The third kappa shape index (κ3) is 2.55. The Labute approximate surface area is 117 Å². The summed E-state index contributed by atoms with van der Waals surface area (Å²) in [4.78, 5) is 8.44. The lowest BCUT2D eigenvalue weighted by molar-refractivity contribution is 0.324. The number of nitrogens with zero attached hydrogens (tertiary/aromatic N) is 4. The van der Waals surface area contributed by atoms with Gasteiger partial charge in [0.25, 0.3) is 5.89 Å². The first-order valence-corrected chi connectivity index (χ1v) is 6.96. The molecule has 0 saturated heterocycles. The van der Waals surface area contributed by atoms with E-state index in [1.807, 2.05) is 6.07 Å². The zero-order chi connectivity index (χ0) is 13.9. The fourth-order valence-corrected chi connectivity index (χ4v) is 2.81. The molecule has 3 rings (SSSR count). The summed E-state index contributed by atoms with van der Waals surface area (Å²) in [6.07, 6.45) is 6.35. The van der Waals surface area contributed by atoms with E-state index in [4.69, 9.17) is 9.78 Å². The van der Waals surface area contributed by atoms with E-state index in [0.717, 1.165) is 30.1 Å². The lowest BCUT2D eigenvalue weighted by Gasteiger charge is -2.23. The maximum absolute atomic E-state index is 8.87. The van der Waals surface area contributed by atoms with Crippen molar-refractivity contribution in [1.82, 2.24) is 15.1 Å². The van der Waals surface area contributed by atoms with Crippen LogP contribution in [-0.2, 0) is 0 Å². The van der Waals surface area contributed by atoms with Crippen LogP contribution < -0.4 is 0 Å². The van der Waals surface area contributed by atoms with Crippen LogP contribution in [0.1, 0.15) is 50.0 Å². The van der Waals surface area contributed by atoms with Gasteiger partial charge in [0.05, 0.1) is 0 Å². The van der Waals surface area contributed by atoms with Gasteiger partial charge in [-0.15, -0.1) is 0 Å². The summed E-state index contributed by atoms with van der Waals surface area (Å²) in [7, 11) is 0. The molecule has 2 unspecified atom stereocenters. The Hall–Kier alpha value is -2.22. The van der Waals surface area contributed by atoms with Gasteiger partial charge < -0.3 is 4.52 Å². The number of pyridine rings is 1. The van der Waals surface area contributed by atoms with Crippen molar-refractivity contribution in [3.63, 3.8) is 0 Å². The Balaban J connectivity index is 1.84. The summed E-state index contributed by atoms with van der Waals surface area (Å²) in [6, 6.07) is 5.46. The number of hydrogen-bond donors (Lipinski definition) is 0. The highest BCUT2D eigenvalue weighted by molar-refractivity contribution is 5.54. The Kier molecular flexibility index (Phi) is 3.46. The normalized spacial score (nSPS) is 22.4. The van der Waals surface area contributed by atoms with Crippen molar-refractivity contribution in [1.29, 1.82) is 5.26 Å². The van der Waals surface area contributed by atoms with Crippen LogP contribution in [0.2, 0.25) is 0 Å². The molecule has 2 aromatic heterocycles. The molecule has 0 N–H and O–H groups in total. The monoisotopic (exact) mass is 268 g/mol. The van der Waals surface area contributed by atoms with Crippen LogP contribution in [0.4, 0.5) is 0 Å². The zero-order valence-electron chi connectivity index (χ0n) is 11.4. The molecule has 0 aliphatic heterocycles. The topological polar surface area (TPSA) is 75.6 Å². The molecule has 102 valence electrons. The maximum atomic E-state index is 8.87. The Morgan fingerprint density at radius 2 is 2.30 bits per heavy atom. The van der Waals surface area contributed by atoms with E-state index in [1.54, 1.807) is 18.3 Å². The molecule has 2 atom stereocenters. The Morgan fingerprint density at radius 3 is 3.10 bits per heavy atom. The second-order valence-electron chi connectivity index (χ2n) is 5.47. The molecule has 0 aromatic carbocycles. The van der Waals surface area contributed by atoms with E-state index in [2.05, 4.69) is 22.0 Å². The quantitative estimate of drug-likeness (QED) is 0.835. The van der Waals surface area contributed by atoms with Gasteiger partial charge in [0, 0.05) is 17.7 Å². The van der Waals surface area contributed by atoms with Gasteiger partial charge in [0.2, 0.25) is 0 Å². The van der Waals surface area contributed by atoms with E-state index in [1.165, 1.54) is 12.8 Å². The smallest absolute Gasteiger partial charge is 0.258 e. The highest BCUT2D eigenvalue weighted by Gasteiger charge is 2.24. The summed E-state index contributed by atoms with van der Waals surface area (Å²) in [5.74, 6) is 2.38. The molecule has 1 aliphatic rings. The minimum Gasteiger partial charge on any atom is -0.334 e. The Bertz CT molecular complexity index is 643. The first-order valence-electron chi connectivity index (χ1n) is 6.96. The second-order valence-corrected chi connectivity index (χ2v) is 5.47. The molecule has 2 heterocycles. The molecule has 0 bridgehead atoms. The van der Waals surface area contributed by atoms with Crippen LogP contribution in [0, 0.1) is 17.2 Å². The first kappa shape index (κ1) is 12.8. The fourth-order valence-electron chi connectivity index (χ4n) is 2.81. The first-order chi connectivity index (χ1) is 9.76. The van der Waals surface area contributed by atoms with Crippen molar-refractivity contribution in [2.75, 3.05) is 0 Å². The summed E-state index contributed by atoms with van der Waals surface area (Å²) < 4.78 is 5.34. The molecule has 1 aliphatic carbocycles. The van der Waals surface area contributed by atoms with E-state index < -0.39 is 0 Å². The second kappa shape index (κ2) is 5.41. The fraction of sp³-hybridized carbons (Fsp3) is 0.467. The molecule has 2 aromatic rings. The molecular weight excluding hydrogens is 252 g/mol. The van der Waals surface area contributed by atoms with Gasteiger partial charge in [-0.25, -0.2) is 4.98 Å². The average Bonchev–Trinajstić information content (AvgIpc) is 2.97. The van der Waals surface area contributed by atoms with Gasteiger partial charge in [-0.05, 0) is 30.9 Å². The van der Waals surface area contributed by atoms with E-state index in [-0.39, 0.29) is 0 Å². The third-order valence-corrected chi connectivity index (χ3v) is 3.86. The van der Waals surface area contributed by atoms with Crippen LogP contribution >= 0.6 is 0 Å². The zero-order valence-corrected chi connectivity index (χ0v) is 11.4. The van der Waals surface area contributed by atoms with Crippen LogP contribution in [0.15, 0.2) is 22.9 Å². The standard InChI is InChI=1S/C15H16N4O/c1-10-3-2-4-11(7-10)14-18-15(20-19-14)12-5-6-17-13(8-12)9-16/h5-6,8,10-11H,2-4,7H2,1H3. The minimum atomic E-state index is 0.355. The van der Waals surface area contributed by atoms with E-state index >= 15 is 0 Å². The van der Waals surface area contributed by atoms with Crippen LogP contribution in [0.5, 0.6) is 0 Å². The molecule has 0 amide bonds. The largest absolute Gasteiger partial charge is 0.334 e. The predicted octanol–water partition coefficient (Wildman–Crippen LogP) is 3.30. The van der Waals surface area contributed by atoms with Gasteiger partial charge in [-0.1, -0.05) is 24.9 Å². The molecule has 5 heteroatoms. The third-order valence-electron chi connectivity index (χ3n) is 3.86. The van der Waals surface area contributed by atoms with E-state index in [0.29, 0.717) is 17.5 Å². The lowest BCUT2D eigenvalue weighted by Crippen LogP contribution is -2.12. The molecule has 1 fully saturated rings. The van der Waals surface area contributed by atoms with Crippen LogP contribution in [-0.4, -0.2) is 15.1 Å². The molecule has 5 nitrogen and oxygen atoms in total. The highest BCUT2D eigenvalue weighted by atomic mass is 16.5. The van der Waals surface area contributed by atoms with Crippen molar-refractivity contribution in [3.8, 4) is 17.5 Å². The van der Waals surface area contributed by atoms with Gasteiger partial charge >= 0.3 is 0 Å². The van der Waals surface area contributed by atoms with Gasteiger partial charge in [0.1, 0.15) is 11.8 Å². The molecule has 1 saturated carbocycles. The number of aromatic nitrogens is 3. The van der Waals surface area contributed by atoms with Crippen molar-refractivity contribution in [2.24, 2.45) is 5.92 Å². The summed E-state index contributed by atoms with van der Waals surface area (Å²) in [5.41, 5.74) is 1.10. The van der Waals surface area contributed by atoms with Crippen molar-refractivity contribution in [3.05, 3.63) is 29.8 Å². The van der Waals surface area contributed by atoms with Gasteiger partial charge in [-0.3, -0.25) is 0 Å². The van der Waals surface area contributed by atoms with Gasteiger partial charge in [-0.2, -0.15) is 10.2 Å². The number of nitriles is 1. The maximum Gasteiger partial charge on any atom is 0.258 e. The summed E-state index contributed by atoms with van der Waals surface area (Å²) in [6.45, 7) is 2.27. The average molecular weight is 268 g/mol.